The smallest absolute Gasteiger partial charge is 0.306 e. The number of hydrogen-bond donors (Lipinski definition) is 0. The Bertz CT molecular complexity index is 1220. The fourth-order valence-electron chi connectivity index (χ4n) is 10.6. The van der Waals surface area contributed by atoms with Gasteiger partial charge >= 0.3 is 11.9 Å². The van der Waals surface area contributed by atoms with Crippen LogP contribution >= 0.6 is 0 Å². The van der Waals surface area contributed by atoms with Crippen LogP contribution in [-0.4, -0.2) is 82.3 Å². The van der Waals surface area contributed by atoms with Crippen LogP contribution in [0.25, 0.3) is 0 Å². The number of esters is 2. The number of hydrogen-bond acceptors (Lipinski definition) is 8. The van der Waals surface area contributed by atoms with Crippen LogP contribution < -0.4 is 5.11 Å². The molecule has 458 valence electrons. The number of nitrogens with zero attached hydrogens (tertiary/aromatic N) is 1. The predicted molar refractivity (Wildman–Crippen MR) is 325 cm³/mol. The molecule has 0 aliphatic carbocycles. The Labute approximate surface area is 479 Å². The van der Waals surface area contributed by atoms with Crippen LogP contribution in [0.15, 0.2) is 0 Å². The Hall–Kier alpha value is -1.71. The largest absolute Gasteiger partial charge is 0.545 e. The summed E-state index contributed by atoms with van der Waals surface area (Å²) in [5, 5.41) is 11.8. The number of unbranched alkanes of at least 4 members (excludes halogenated alkanes) is 50. The molecule has 0 aliphatic rings. The first-order chi connectivity index (χ1) is 37.6. The number of carboxylic acids is 1. The van der Waals surface area contributed by atoms with E-state index in [9.17, 15) is 19.5 Å². The van der Waals surface area contributed by atoms with Gasteiger partial charge in [-0.2, -0.15) is 0 Å². The molecule has 0 aromatic carbocycles. The van der Waals surface area contributed by atoms with Gasteiger partial charge in [-0.3, -0.25) is 9.59 Å². The van der Waals surface area contributed by atoms with E-state index in [0.717, 1.165) is 38.5 Å². The van der Waals surface area contributed by atoms with Gasteiger partial charge in [-0.05, 0) is 12.8 Å². The fraction of sp³-hybridized carbons (Fsp3) is 0.956. The van der Waals surface area contributed by atoms with Gasteiger partial charge < -0.3 is 33.3 Å². The van der Waals surface area contributed by atoms with Crippen molar-refractivity contribution in [2.24, 2.45) is 0 Å². The highest BCUT2D eigenvalue weighted by molar-refractivity contribution is 5.70. The van der Waals surface area contributed by atoms with Gasteiger partial charge in [-0.15, -0.1) is 0 Å². The number of likely N-dealkylation sites (N-methyl/N-ethyl adjacent to an activating group) is 1. The minimum Gasteiger partial charge on any atom is -0.545 e. The van der Waals surface area contributed by atoms with E-state index in [4.69, 9.17) is 18.9 Å². The Morgan fingerprint density at radius 1 is 0.338 bits per heavy atom. The Morgan fingerprint density at radius 2 is 0.584 bits per heavy atom. The fourth-order valence-corrected chi connectivity index (χ4v) is 10.6. The number of carbonyl (C=O) groups is 3. The Balaban J connectivity index is 4.06. The van der Waals surface area contributed by atoms with Crippen LogP contribution in [0.1, 0.15) is 361 Å². The lowest BCUT2D eigenvalue weighted by atomic mass is 10.0. The molecule has 0 rings (SSSR count). The zero-order chi connectivity index (χ0) is 56.2. The number of aliphatic carboxylic acids is 1. The summed E-state index contributed by atoms with van der Waals surface area (Å²) in [5.41, 5.74) is 0. The number of quaternary nitrogens is 1. The lowest BCUT2D eigenvalue weighted by Crippen LogP contribution is -2.44. The van der Waals surface area contributed by atoms with E-state index in [1.165, 1.54) is 295 Å². The van der Waals surface area contributed by atoms with Crippen molar-refractivity contribution in [1.82, 2.24) is 0 Å². The first-order valence-corrected chi connectivity index (χ1v) is 34.2. The molecule has 0 N–H and O–H groups in total. The zero-order valence-electron chi connectivity index (χ0n) is 52.4. The van der Waals surface area contributed by atoms with Gasteiger partial charge in [-0.1, -0.05) is 335 Å². The molecule has 0 bridgehead atoms. The zero-order valence-corrected chi connectivity index (χ0v) is 52.4. The van der Waals surface area contributed by atoms with Gasteiger partial charge in [0.05, 0.1) is 40.3 Å². The topological polar surface area (TPSA) is 111 Å². The van der Waals surface area contributed by atoms with Gasteiger partial charge in [-0.25, -0.2) is 0 Å². The molecule has 2 unspecified atom stereocenters. The van der Waals surface area contributed by atoms with E-state index in [1.54, 1.807) is 0 Å². The van der Waals surface area contributed by atoms with Gasteiger partial charge in [0.1, 0.15) is 13.2 Å². The second-order valence-electron chi connectivity index (χ2n) is 24.8. The van der Waals surface area contributed by atoms with Crippen molar-refractivity contribution in [1.29, 1.82) is 0 Å². The molecule has 0 heterocycles. The standard InChI is InChI=1S/C68H133NO8/c1-6-8-10-12-14-16-18-20-22-24-26-28-30-31-32-33-34-35-37-39-41-43-45-47-49-51-53-55-57-59-66(71)77-64(63-76-68(67(72)73)74-61-60-69(3,4)5)62-75-65(70)58-56-54-52-50-48-46-44-42-40-38-36-29-27-25-23-21-19-17-15-13-11-9-7-2/h64,68H,6-63H2,1-5H3. The van der Waals surface area contributed by atoms with Crippen molar-refractivity contribution in [3.63, 3.8) is 0 Å². The number of carbonyl (C=O) groups excluding carboxylic acids is 3. The number of ether oxygens (including phenoxy) is 4. The third-order valence-corrected chi connectivity index (χ3v) is 15.9. The summed E-state index contributed by atoms with van der Waals surface area (Å²) >= 11 is 0. The SMILES string of the molecule is CCCCCCCCCCCCCCCCCCCCCCCCCCCCCCCC(=O)OC(COC(=O)CCCCCCCCCCCCCCCCCCCCCCCCC)COC(OCC[N+](C)(C)C)C(=O)[O-]. The Kier molecular flexibility index (Phi) is 59.0. The van der Waals surface area contributed by atoms with Crippen molar-refractivity contribution < 1.29 is 42.9 Å². The maximum Gasteiger partial charge on any atom is 0.306 e. The van der Waals surface area contributed by atoms with E-state index in [-0.39, 0.29) is 32.2 Å². The van der Waals surface area contributed by atoms with Gasteiger partial charge in [0.25, 0.3) is 0 Å². The maximum atomic E-state index is 12.9. The molecule has 0 aromatic heterocycles. The van der Waals surface area contributed by atoms with E-state index in [2.05, 4.69) is 13.8 Å². The molecule has 77 heavy (non-hydrogen) atoms. The van der Waals surface area contributed by atoms with Crippen LogP contribution in [0.4, 0.5) is 0 Å². The summed E-state index contributed by atoms with van der Waals surface area (Å²) < 4.78 is 22.8. The summed E-state index contributed by atoms with van der Waals surface area (Å²) in [6, 6.07) is 0. The molecule has 0 fully saturated rings. The van der Waals surface area contributed by atoms with Crippen molar-refractivity contribution in [2.75, 3.05) is 47.5 Å². The Morgan fingerprint density at radius 3 is 0.831 bits per heavy atom. The average Bonchev–Trinajstić information content (AvgIpc) is 3.40. The highest BCUT2D eigenvalue weighted by Crippen LogP contribution is 2.19. The molecule has 0 radical (unpaired) electrons. The van der Waals surface area contributed by atoms with Crippen molar-refractivity contribution >= 4 is 17.9 Å². The normalized spacial score (nSPS) is 12.6. The third kappa shape index (κ3) is 61.8. The number of carboxylic acid groups (broad SMARTS) is 1. The van der Waals surface area contributed by atoms with Crippen LogP contribution in [0.5, 0.6) is 0 Å². The lowest BCUT2D eigenvalue weighted by molar-refractivity contribution is -0.870. The van der Waals surface area contributed by atoms with Crippen LogP contribution in [0.3, 0.4) is 0 Å². The summed E-state index contributed by atoms with van der Waals surface area (Å²) in [6.45, 7) is 4.84. The van der Waals surface area contributed by atoms with E-state index < -0.39 is 24.3 Å². The quantitative estimate of drug-likeness (QED) is 0.0256. The molecule has 0 aliphatic heterocycles. The molecule has 9 heteroatoms. The molecule has 0 saturated carbocycles. The van der Waals surface area contributed by atoms with Gasteiger partial charge in [0.15, 0.2) is 12.4 Å². The molecule has 0 aromatic rings. The molecular formula is C68H133NO8. The van der Waals surface area contributed by atoms with Crippen molar-refractivity contribution in [3.8, 4) is 0 Å². The highest BCUT2D eigenvalue weighted by atomic mass is 16.7. The van der Waals surface area contributed by atoms with Gasteiger partial charge in [0.2, 0.25) is 0 Å². The predicted octanol–water partition coefficient (Wildman–Crippen LogP) is 19.4. The second-order valence-corrected chi connectivity index (χ2v) is 24.8. The minimum atomic E-state index is -1.62. The number of rotatable bonds is 65. The summed E-state index contributed by atoms with van der Waals surface area (Å²) in [7, 11) is 5.95. The van der Waals surface area contributed by atoms with Crippen molar-refractivity contribution in [3.05, 3.63) is 0 Å². The van der Waals surface area contributed by atoms with E-state index >= 15 is 0 Å². The first-order valence-electron chi connectivity index (χ1n) is 34.2. The third-order valence-electron chi connectivity index (χ3n) is 15.9. The van der Waals surface area contributed by atoms with Crippen LogP contribution in [-0.2, 0) is 33.3 Å². The van der Waals surface area contributed by atoms with E-state index in [0.29, 0.717) is 17.4 Å². The molecular weight excluding hydrogens is 959 g/mol. The van der Waals surface area contributed by atoms with E-state index in [1.807, 2.05) is 21.1 Å². The molecule has 0 saturated heterocycles. The van der Waals surface area contributed by atoms with Crippen LogP contribution in [0.2, 0.25) is 0 Å². The van der Waals surface area contributed by atoms with Gasteiger partial charge in [0, 0.05) is 12.8 Å². The first kappa shape index (κ1) is 75.3. The summed E-state index contributed by atoms with van der Waals surface area (Å²) in [4.78, 5) is 37.4. The highest BCUT2D eigenvalue weighted by Gasteiger charge is 2.22. The molecule has 0 spiro atoms. The lowest BCUT2D eigenvalue weighted by Gasteiger charge is -2.26. The summed E-state index contributed by atoms with van der Waals surface area (Å²) in [5.74, 6) is -2.24. The molecule has 9 nitrogen and oxygen atoms in total. The molecule has 0 amide bonds. The minimum absolute atomic E-state index is 0.154. The second kappa shape index (κ2) is 60.4. The van der Waals surface area contributed by atoms with Crippen molar-refractivity contribution in [2.45, 2.75) is 373 Å². The van der Waals surface area contributed by atoms with Crippen LogP contribution in [0, 0.1) is 0 Å². The maximum absolute atomic E-state index is 12.9. The molecule has 2 atom stereocenters. The monoisotopic (exact) mass is 1090 g/mol. The summed E-state index contributed by atoms with van der Waals surface area (Å²) in [6.07, 6.45) is 67.6. The average molecular weight is 1090 g/mol.